The lowest BCUT2D eigenvalue weighted by atomic mass is 10.0. The number of nitrogens with one attached hydrogen (secondary N) is 1. The maximum atomic E-state index is 12.7. The van der Waals surface area contributed by atoms with Crippen molar-refractivity contribution in [2.24, 2.45) is 7.05 Å². The third-order valence-corrected chi connectivity index (χ3v) is 2.93. The number of aryl methyl sites for hydroxylation is 1. The van der Waals surface area contributed by atoms with Crippen molar-refractivity contribution in [2.45, 2.75) is 18.8 Å². The number of carbonyl (C=O) groups is 1. The molecule has 6 nitrogen and oxygen atoms in total. The van der Waals surface area contributed by atoms with Crippen molar-refractivity contribution in [3.05, 3.63) is 47.3 Å². The molecule has 0 saturated heterocycles. The topological polar surface area (TPSA) is 80.0 Å². The molecule has 2 rings (SSSR count). The van der Waals surface area contributed by atoms with Gasteiger partial charge >= 0.3 is 12.1 Å². The highest BCUT2D eigenvalue weighted by Crippen LogP contribution is 2.30. The summed E-state index contributed by atoms with van der Waals surface area (Å²) < 4.78 is 39.5. The van der Waals surface area contributed by atoms with Crippen LogP contribution in [0.4, 0.5) is 13.2 Å². The van der Waals surface area contributed by atoms with Gasteiger partial charge in [-0.1, -0.05) is 17.3 Å². The molecule has 0 aliphatic carbocycles. The summed E-state index contributed by atoms with van der Waals surface area (Å²) in [6, 6.07) is 2.95. The number of rotatable bonds is 5. The van der Waals surface area contributed by atoms with Gasteiger partial charge in [0.05, 0.1) is 11.3 Å². The Morgan fingerprint density at radius 1 is 1.45 bits per heavy atom. The highest BCUT2D eigenvalue weighted by molar-refractivity contribution is 5.75. The van der Waals surface area contributed by atoms with Crippen LogP contribution in [0.15, 0.2) is 30.5 Å². The van der Waals surface area contributed by atoms with Crippen LogP contribution in [0.3, 0.4) is 0 Å². The average Bonchev–Trinajstić information content (AvgIpc) is 2.84. The largest absolute Gasteiger partial charge is 0.480 e. The van der Waals surface area contributed by atoms with Gasteiger partial charge in [0, 0.05) is 19.8 Å². The Morgan fingerprint density at radius 3 is 2.73 bits per heavy atom. The van der Waals surface area contributed by atoms with Gasteiger partial charge in [0.2, 0.25) is 0 Å². The van der Waals surface area contributed by atoms with Gasteiger partial charge in [-0.25, -0.2) is 0 Å². The van der Waals surface area contributed by atoms with Gasteiger partial charge in [0.1, 0.15) is 6.04 Å². The first-order valence-corrected chi connectivity index (χ1v) is 6.26. The highest BCUT2D eigenvalue weighted by Gasteiger charge is 2.31. The molecule has 0 fully saturated rings. The van der Waals surface area contributed by atoms with E-state index in [1.54, 1.807) is 13.2 Å². The Balaban J connectivity index is 2.19. The Hall–Kier alpha value is -2.42. The zero-order valence-corrected chi connectivity index (χ0v) is 11.5. The Bertz CT molecular complexity index is 669. The van der Waals surface area contributed by atoms with Gasteiger partial charge < -0.3 is 5.11 Å². The Labute approximate surface area is 123 Å². The lowest BCUT2D eigenvalue weighted by molar-refractivity contribution is -0.140. The van der Waals surface area contributed by atoms with E-state index in [1.165, 1.54) is 16.8 Å². The van der Waals surface area contributed by atoms with Crippen molar-refractivity contribution < 1.29 is 23.1 Å². The molecule has 0 radical (unpaired) electrons. The van der Waals surface area contributed by atoms with Crippen LogP contribution in [0.5, 0.6) is 0 Å². The lowest BCUT2D eigenvalue weighted by Crippen LogP contribution is -2.28. The van der Waals surface area contributed by atoms with E-state index in [2.05, 4.69) is 15.6 Å². The van der Waals surface area contributed by atoms with Crippen molar-refractivity contribution in [3.63, 3.8) is 0 Å². The number of hydrogen-bond acceptors (Lipinski definition) is 4. The van der Waals surface area contributed by atoms with Crippen molar-refractivity contribution in [1.82, 2.24) is 20.3 Å². The second-order valence-electron chi connectivity index (χ2n) is 4.66. The monoisotopic (exact) mass is 314 g/mol. The summed E-state index contributed by atoms with van der Waals surface area (Å²) in [7, 11) is 1.65. The number of halogens is 3. The molecule has 0 aliphatic heterocycles. The average molecular weight is 314 g/mol. The molecule has 22 heavy (non-hydrogen) atoms. The molecule has 1 unspecified atom stereocenters. The Kier molecular flexibility index (Phi) is 4.45. The van der Waals surface area contributed by atoms with Crippen LogP contribution in [0.1, 0.15) is 22.9 Å². The molecule has 0 saturated carbocycles. The van der Waals surface area contributed by atoms with Crippen LogP contribution >= 0.6 is 0 Å². The SMILES string of the molecule is Cn1cc(CNC(C(=O)O)c2cccc(C(F)(F)F)c2)nn1. The third kappa shape index (κ3) is 3.82. The number of aromatic nitrogens is 3. The molecule has 118 valence electrons. The zero-order valence-electron chi connectivity index (χ0n) is 11.5. The Morgan fingerprint density at radius 2 is 2.18 bits per heavy atom. The van der Waals surface area contributed by atoms with Crippen molar-refractivity contribution in [2.75, 3.05) is 0 Å². The van der Waals surface area contributed by atoms with E-state index < -0.39 is 23.8 Å². The number of nitrogens with zero attached hydrogens (tertiary/aromatic N) is 3. The molecule has 0 bridgehead atoms. The molecule has 2 N–H and O–H groups in total. The normalized spacial score (nSPS) is 13.1. The second-order valence-corrected chi connectivity index (χ2v) is 4.66. The van der Waals surface area contributed by atoms with Gasteiger partial charge in [-0.2, -0.15) is 13.2 Å². The summed E-state index contributed by atoms with van der Waals surface area (Å²) in [5.41, 5.74) is -0.385. The molecule has 0 aliphatic rings. The summed E-state index contributed by atoms with van der Waals surface area (Å²) in [5, 5.41) is 19.3. The van der Waals surface area contributed by atoms with Gasteiger partial charge in [-0.05, 0) is 17.7 Å². The number of hydrogen-bond donors (Lipinski definition) is 2. The first-order chi connectivity index (χ1) is 10.3. The predicted molar refractivity (Wildman–Crippen MR) is 69.7 cm³/mol. The van der Waals surface area contributed by atoms with E-state index >= 15 is 0 Å². The van der Waals surface area contributed by atoms with Crippen molar-refractivity contribution in [1.29, 1.82) is 0 Å². The van der Waals surface area contributed by atoms with Gasteiger partial charge in [0.25, 0.3) is 0 Å². The first kappa shape index (κ1) is 16.0. The highest BCUT2D eigenvalue weighted by atomic mass is 19.4. The molecule has 0 spiro atoms. The summed E-state index contributed by atoms with van der Waals surface area (Å²) in [4.78, 5) is 11.3. The van der Waals surface area contributed by atoms with E-state index in [1.807, 2.05) is 0 Å². The van der Waals surface area contributed by atoms with Crippen LogP contribution in [-0.4, -0.2) is 26.1 Å². The maximum absolute atomic E-state index is 12.7. The molecular weight excluding hydrogens is 301 g/mol. The standard InChI is InChI=1S/C13H13F3N4O2/c1-20-7-10(18-19-20)6-17-11(12(21)22)8-3-2-4-9(5-8)13(14,15)16/h2-5,7,11,17H,6H2,1H3,(H,21,22). The molecule has 1 aromatic heterocycles. The van der Waals surface area contributed by atoms with E-state index in [0.29, 0.717) is 5.69 Å². The number of alkyl halides is 3. The number of carboxylic acids is 1. The maximum Gasteiger partial charge on any atom is 0.416 e. The van der Waals surface area contributed by atoms with Crippen molar-refractivity contribution >= 4 is 5.97 Å². The van der Waals surface area contributed by atoms with Gasteiger partial charge in [-0.15, -0.1) is 5.10 Å². The minimum Gasteiger partial charge on any atom is -0.480 e. The lowest BCUT2D eigenvalue weighted by Gasteiger charge is -2.16. The smallest absolute Gasteiger partial charge is 0.416 e. The van der Waals surface area contributed by atoms with Crippen LogP contribution in [0, 0.1) is 0 Å². The molecule has 1 aromatic carbocycles. The first-order valence-electron chi connectivity index (χ1n) is 6.26. The molecule has 1 atom stereocenters. The summed E-state index contributed by atoms with van der Waals surface area (Å²) in [6.07, 6.45) is -2.94. The number of aliphatic carboxylic acids is 1. The summed E-state index contributed by atoms with van der Waals surface area (Å²) >= 11 is 0. The van der Waals surface area contributed by atoms with E-state index in [0.717, 1.165) is 12.1 Å². The predicted octanol–water partition coefficient (Wildman–Crippen LogP) is 1.75. The minimum atomic E-state index is -4.52. The fourth-order valence-corrected chi connectivity index (χ4v) is 1.93. The summed E-state index contributed by atoms with van der Waals surface area (Å²) in [6.45, 7) is 0.0705. The molecule has 1 heterocycles. The number of carboxylic acid groups (broad SMARTS) is 1. The zero-order chi connectivity index (χ0) is 16.3. The van der Waals surface area contributed by atoms with Gasteiger partial charge in [-0.3, -0.25) is 14.8 Å². The fraction of sp³-hybridized carbons (Fsp3) is 0.308. The minimum absolute atomic E-state index is 0.0196. The van der Waals surface area contributed by atoms with Crippen LogP contribution in [0.2, 0.25) is 0 Å². The fourth-order valence-electron chi connectivity index (χ4n) is 1.93. The van der Waals surface area contributed by atoms with Crippen LogP contribution < -0.4 is 5.32 Å². The number of benzene rings is 1. The van der Waals surface area contributed by atoms with E-state index in [-0.39, 0.29) is 12.1 Å². The molecular formula is C13H13F3N4O2. The molecule has 9 heteroatoms. The van der Waals surface area contributed by atoms with Crippen molar-refractivity contribution in [3.8, 4) is 0 Å². The molecule has 2 aromatic rings. The second kappa shape index (κ2) is 6.14. The summed E-state index contributed by atoms with van der Waals surface area (Å²) in [5.74, 6) is -1.27. The quantitative estimate of drug-likeness (QED) is 0.879. The van der Waals surface area contributed by atoms with Gasteiger partial charge in [0.15, 0.2) is 0 Å². The van der Waals surface area contributed by atoms with Crippen LogP contribution in [0.25, 0.3) is 0 Å². The third-order valence-electron chi connectivity index (χ3n) is 2.93. The van der Waals surface area contributed by atoms with E-state index in [4.69, 9.17) is 0 Å². The van der Waals surface area contributed by atoms with Crippen LogP contribution in [-0.2, 0) is 24.6 Å². The van der Waals surface area contributed by atoms with E-state index in [9.17, 15) is 23.1 Å². The molecule has 0 amide bonds.